The van der Waals surface area contributed by atoms with E-state index in [9.17, 15) is 21.2 Å². The van der Waals surface area contributed by atoms with E-state index in [0.717, 1.165) is 18.4 Å². The van der Waals surface area contributed by atoms with Gasteiger partial charge in [-0.25, -0.2) is 21.2 Å². The number of sulfone groups is 2. The molecule has 0 heterocycles. The third-order valence-corrected chi connectivity index (χ3v) is 5.11. The maximum atomic E-state index is 13.1. The number of hydrogen-bond acceptors (Lipinski definition) is 5. The predicted molar refractivity (Wildman–Crippen MR) is 68.3 cm³/mol. The molecule has 0 bridgehead atoms. The van der Waals surface area contributed by atoms with E-state index in [0.29, 0.717) is 0 Å². The summed E-state index contributed by atoms with van der Waals surface area (Å²) in [5.41, 5.74) is 0.0160. The quantitative estimate of drug-likeness (QED) is 0.796. The van der Waals surface area contributed by atoms with Gasteiger partial charge >= 0.3 is 0 Å². The van der Waals surface area contributed by atoms with Crippen molar-refractivity contribution in [1.29, 1.82) is 5.26 Å². The van der Waals surface area contributed by atoms with E-state index >= 15 is 0 Å². The van der Waals surface area contributed by atoms with Crippen molar-refractivity contribution in [2.75, 3.05) is 17.8 Å². The highest BCUT2D eigenvalue weighted by molar-refractivity contribution is 7.94. The molecule has 0 aliphatic heterocycles. The Morgan fingerprint density at radius 2 is 1.84 bits per heavy atom. The molecule has 1 aromatic rings. The molecule has 0 amide bonds. The van der Waals surface area contributed by atoms with E-state index in [1.165, 1.54) is 6.07 Å². The van der Waals surface area contributed by atoms with Gasteiger partial charge in [0.1, 0.15) is 21.7 Å². The molecule has 1 rings (SSSR count). The van der Waals surface area contributed by atoms with Gasteiger partial charge in [0.15, 0.2) is 9.84 Å². The first kappa shape index (κ1) is 15.6. The zero-order valence-electron chi connectivity index (χ0n) is 10.1. The van der Waals surface area contributed by atoms with Gasteiger partial charge in [-0.2, -0.15) is 5.26 Å². The lowest BCUT2D eigenvalue weighted by atomic mass is 10.1. The fraction of sp³-hybridized carbons (Fsp3) is 0.364. The predicted octanol–water partition coefficient (Wildman–Crippen LogP) is 0.657. The minimum atomic E-state index is -3.62. The fourth-order valence-corrected chi connectivity index (χ4v) is 4.41. The normalized spacial score (nSPS) is 12.1. The van der Waals surface area contributed by atoms with Crippen LogP contribution in [0.5, 0.6) is 0 Å². The highest BCUT2D eigenvalue weighted by atomic mass is 32.2. The van der Waals surface area contributed by atoms with E-state index in [-0.39, 0.29) is 11.1 Å². The number of halogens is 1. The van der Waals surface area contributed by atoms with Gasteiger partial charge in [0.2, 0.25) is 0 Å². The number of benzene rings is 1. The molecule has 0 unspecified atom stereocenters. The lowest BCUT2D eigenvalue weighted by molar-refractivity contribution is 0.589. The van der Waals surface area contributed by atoms with Crippen LogP contribution >= 0.6 is 0 Å². The van der Waals surface area contributed by atoms with E-state index in [2.05, 4.69) is 0 Å². The first-order valence-electron chi connectivity index (χ1n) is 5.20. The molecule has 5 nitrogen and oxygen atoms in total. The summed E-state index contributed by atoms with van der Waals surface area (Å²) in [5, 5.41) is 8.63. The van der Waals surface area contributed by atoms with Crippen LogP contribution in [0, 0.1) is 17.1 Å². The smallest absolute Gasteiger partial charge is 0.155 e. The standard InChI is InChI=1S/C11H12FNO4S2/c1-18(14,15)4-5-19(16,17)8-9-2-3-11(12)10(6-9)7-13/h2-3,6H,4-5,8H2,1H3. The van der Waals surface area contributed by atoms with Crippen molar-refractivity contribution in [3.8, 4) is 6.07 Å². The second-order valence-corrected chi connectivity index (χ2v) is 8.59. The minimum Gasteiger partial charge on any atom is -0.229 e. The molecule has 0 saturated carbocycles. The molecule has 0 fully saturated rings. The Bertz CT molecular complexity index is 718. The van der Waals surface area contributed by atoms with Gasteiger partial charge in [0.25, 0.3) is 0 Å². The molecule has 0 aliphatic carbocycles. The Hall–Kier alpha value is -1.46. The average Bonchev–Trinajstić information content (AvgIpc) is 2.28. The van der Waals surface area contributed by atoms with Crippen LogP contribution in [-0.2, 0) is 25.4 Å². The molecule has 0 atom stereocenters. The Morgan fingerprint density at radius 1 is 1.21 bits per heavy atom. The third kappa shape index (κ3) is 5.36. The van der Waals surface area contributed by atoms with E-state index < -0.39 is 42.8 Å². The van der Waals surface area contributed by atoms with Crippen LogP contribution in [0.25, 0.3) is 0 Å². The molecule has 8 heteroatoms. The third-order valence-electron chi connectivity index (χ3n) is 2.30. The Kier molecular flexibility index (Phi) is 4.66. The van der Waals surface area contributed by atoms with Gasteiger partial charge in [-0.1, -0.05) is 6.07 Å². The first-order valence-corrected chi connectivity index (χ1v) is 9.08. The van der Waals surface area contributed by atoms with Crippen LogP contribution in [0.15, 0.2) is 18.2 Å². The highest BCUT2D eigenvalue weighted by Crippen LogP contribution is 2.13. The van der Waals surface area contributed by atoms with Gasteiger partial charge in [0, 0.05) is 6.26 Å². The first-order chi connectivity index (χ1) is 8.63. The van der Waals surface area contributed by atoms with Crippen molar-refractivity contribution in [3.63, 3.8) is 0 Å². The summed E-state index contributed by atoms with van der Waals surface area (Å²) >= 11 is 0. The molecule has 0 radical (unpaired) electrons. The molecular formula is C11H12FNO4S2. The summed E-state index contributed by atoms with van der Waals surface area (Å²) in [7, 11) is -6.98. The number of nitrogens with zero attached hydrogens (tertiary/aromatic N) is 1. The van der Waals surface area contributed by atoms with Gasteiger partial charge < -0.3 is 0 Å². The molecule has 0 aliphatic rings. The molecule has 1 aromatic carbocycles. The topological polar surface area (TPSA) is 92.1 Å². The van der Waals surface area contributed by atoms with Crippen LogP contribution in [0.2, 0.25) is 0 Å². The van der Waals surface area contributed by atoms with Crippen molar-refractivity contribution in [3.05, 3.63) is 35.1 Å². The molecule has 19 heavy (non-hydrogen) atoms. The summed E-state index contributed by atoms with van der Waals surface area (Å²) in [5.74, 6) is -2.09. The summed E-state index contributed by atoms with van der Waals surface area (Å²) in [6, 6.07) is 5.03. The summed E-state index contributed by atoms with van der Waals surface area (Å²) in [4.78, 5) is 0. The summed E-state index contributed by atoms with van der Waals surface area (Å²) in [6.45, 7) is 0. The van der Waals surface area contributed by atoms with Crippen LogP contribution in [-0.4, -0.2) is 34.6 Å². The Morgan fingerprint density at radius 3 is 2.37 bits per heavy atom. The zero-order chi connectivity index (χ0) is 14.7. The summed E-state index contributed by atoms with van der Waals surface area (Å²) < 4.78 is 58.3. The molecule has 104 valence electrons. The van der Waals surface area contributed by atoms with E-state index in [4.69, 9.17) is 5.26 Å². The minimum absolute atomic E-state index is 0.240. The van der Waals surface area contributed by atoms with Gasteiger partial charge in [-0.15, -0.1) is 0 Å². The SMILES string of the molecule is CS(=O)(=O)CCS(=O)(=O)Cc1ccc(F)c(C#N)c1. The van der Waals surface area contributed by atoms with Crippen molar-refractivity contribution in [2.24, 2.45) is 0 Å². The van der Waals surface area contributed by atoms with Crippen molar-refractivity contribution in [2.45, 2.75) is 5.75 Å². The summed E-state index contributed by atoms with van der Waals surface area (Å²) in [6.07, 6.45) is 0.953. The zero-order valence-corrected chi connectivity index (χ0v) is 11.8. The lowest BCUT2D eigenvalue weighted by Gasteiger charge is -2.04. The van der Waals surface area contributed by atoms with Crippen LogP contribution < -0.4 is 0 Å². The Balaban J connectivity index is 2.88. The highest BCUT2D eigenvalue weighted by Gasteiger charge is 2.16. The van der Waals surface area contributed by atoms with E-state index in [1.807, 2.05) is 0 Å². The second-order valence-electron chi connectivity index (χ2n) is 4.15. The van der Waals surface area contributed by atoms with Crippen LogP contribution in [0.3, 0.4) is 0 Å². The molecule has 0 saturated heterocycles. The Labute approximate surface area is 111 Å². The largest absolute Gasteiger partial charge is 0.229 e. The van der Waals surface area contributed by atoms with Gasteiger partial charge in [-0.05, 0) is 17.7 Å². The molecular weight excluding hydrogens is 293 g/mol. The van der Waals surface area contributed by atoms with Crippen LogP contribution in [0.4, 0.5) is 4.39 Å². The fourth-order valence-electron chi connectivity index (χ4n) is 1.35. The van der Waals surface area contributed by atoms with Crippen LogP contribution in [0.1, 0.15) is 11.1 Å². The van der Waals surface area contributed by atoms with Gasteiger partial charge in [-0.3, -0.25) is 0 Å². The second kappa shape index (κ2) is 5.67. The van der Waals surface area contributed by atoms with E-state index in [1.54, 1.807) is 6.07 Å². The average molecular weight is 305 g/mol. The molecule has 0 aromatic heterocycles. The molecule has 0 spiro atoms. The van der Waals surface area contributed by atoms with Crippen molar-refractivity contribution in [1.82, 2.24) is 0 Å². The lowest BCUT2D eigenvalue weighted by Crippen LogP contribution is -2.17. The maximum absolute atomic E-state index is 13.1. The number of hydrogen-bond donors (Lipinski definition) is 0. The van der Waals surface area contributed by atoms with Gasteiger partial charge in [0.05, 0.1) is 22.8 Å². The van der Waals surface area contributed by atoms with Crippen molar-refractivity contribution >= 4 is 19.7 Å². The monoisotopic (exact) mass is 305 g/mol. The maximum Gasteiger partial charge on any atom is 0.155 e. The van der Waals surface area contributed by atoms with Crippen molar-refractivity contribution < 1.29 is 21.2 Å². The number of nitriles is 1. The molecule has 0 N–H and O–H groups in total. The number of rotatable bonds is 5.